The Kier molecular flexibility index (Phi) is 7.71. The van der Waals surface area contributed by atoms with Crippen LogP contribution in [-0.2, 0) is 12.4 Å². The van der Waals surface area contributed by atoms with E-state index in [1.54, 1.807) is 28.8 Å². The second-order valence-corrected chi connectivity index (χ2v) is 16.9. The standard InChI is InChI=1S/C50H28B2F6N2S/c53-49(54,55)33-21-24-39(34(27-33)50(56,57)58)59-40-17-9-7-15-35(40)51-36-22-19-31(29-11-3-1-4-12-29)25-41(36)60-42-26-32(30-13-5-2-6-14-30)20-23-37(42)52-38-16-8-10-18-44(38)61-45-28-43(59)46(51)48(60)47(45)52/h1-28H. The molecule has 12 rings (SSSR count). The van der Waals surface area contributed by atoms with Crippen molar-refractivity contribution in [2.45, 2.75) is 22.1 Å². The van der Waals surface area contributed by atoms with Crippen LogP contribution in [0.15, 0.2) is 180 Å². The number of hydrogen-bond donors (Lipinski definition) is 0. The van der Waals surface area contributed by atoms with Crippen LogP contribution in [0.2, 0.25) is 0 Å². The van der Waals surface area contributed by atoms with Crippen LogP contribution in [0, 0.1) is 0 Å². The molecule has 8 aromatic rings. The highest BCUT2D eigenvalue weighted by Gasteiger charge is 2.51. The van der Waals surface area contributed by atoms with Crippen LogP contribution >= 0.6 is 11.8 Å². The highest BCUT2D eigenvalue weighted by atomic mass is 32.2. The normalized spacial score (nSPS) is 14.2. The van der Waals surface area contributed by atoms with Crippen molar-refractivity contribution < 1.29 is 26.3 Å². The molecule has 61 heavy (non-hydrogen) atoms. The Bertz CT molecular complexity index is 3080. The molecule has 0 spiro atoms. The maximum Gasteiger partial charge on any atom is 0.418 e. The molecule has 0 bridgehead atoms. The smallest absolute Gasteiger partial charge is 0.312 e. The number of alkyl halides is 6. The molecular weight excluding hydrogens is 796 g/mol. The minimum absolute atomic E-state index is 0.203. The van der Waals surface area contributed by atoms with Gasteiger partial charge in [-0.05, 0) is 98.1 Å². The zero-order chi connectivity index (χ0) is 41.4. The zero-order valence-corrected chi connectivity index (χ0v) is 32.7. The number of anilines is 6. The molecule has 11 heteroatoms. The summed E-state index contributed by atoms with van der Waals surface area (Å²) in [5, 5.41) is 0. The molecule has 0 unspecified atom stereocenters. The van der Waals surface area contributed by atoms with Gasteiger partial charge in [0.1, 0.15) is 0 Å². The Hall–Kier alpha value is -6.58. The average molecular weight is 824 g/mol. The summed E-state index contributed by atoms with van der Waals surface area (Å²) in [4.78, 5) is 5.78. The predicted octanol–water partition coefficient (Wildman–Crippen LogP) is 10.4. The van der Waals surface area contributed by atoms with E-state index in [9.17, 15) is 13.2 Å². The first-order valence-electron chi connectivity index (χ1n) is 19.9. The summed E-state index contributed by atoms with van der Waals surface area (Å²) in [5.41, 5.74) is 10.7. The summed E-state index contributed by atoms with van der Waals surface area (Å²) in [7, 11) is 0. The molecule has 8 aromatic carbocycles. The second-order valence-electron chi connectivity index (χ2n) is 15.8. The second kappa shape index (κ2) is 13.0. The van der Waals surface area contributed by atoms with Gasteiger partial charge in [-0.15, -0.1) is 0 Å². The van der Waals surface area contributed by atoms with Crippen molar-refractivity contribution in [3.05, 3.63) is 181 Å². The lowest BCUT2D eigenvalue weighted by atomic mass is 9.29. The van der Waals surface area contributed by atoms with Gasteiger partial charge in [-0.3, -0.25) is 0 Å². The molecule has 2 nitrogen and oxygen atoms in total. The van der Waals surface area contributed by atoms with Gasteiger partial charge in [0.05, 0.1) is 16.8 Å². The highest BCUT2D eigenvalue weighted by Crippen LogP contribution is 2.51. The van der Waals surface area contributed by atoms with E-state index < -0.39 is 30.2 Å². The Morgan fingerprint density at radius 3 is 1.56 bits per heavy atom. The number of fused-ring (bicyclic) bond motifs is 10. The summed E-state index contributed by atoms with van der Waals surface area (Å²) in [6, 6.07) is 53.0. The molecule has 0 saturated carbocycles. The molecule has 0 fully saturated rings. The third-order valence-corrected chi connectivity index (χ3v) is 13.7. The summed E-state index contributed by atoms with van der Waals surface area (Å²) in [6.45, 7) is -0.616. The van der Waals surface area contributed by atoms with Crippen molar-refractivity contribution >= 4 is 92.1 Å². The molecule has 292 valence electrons. The van der Waals surface area contributed by atoms with Gasteiger partial charge in [-0.25, -0.2) is 0 Å². The molecule has 0 N–H and O–H groups in total. The van der Waals surface area contributed by atoms with E-state index >= 15 is 13.2 Å². The minimum Gasteiger partial charge on any atom is -0.312 e. The molecule has 0 radical (unpaired) electrons. The number of benzene rings is 8. The van der Waals surface area contributed by atoms with Gasteiger partial charge in [0.15, 0.2) is 0 Å². The largest absolute Gasteiger partial charge is 0.418 e. The van der Waals surface area contributed by atoms with Gasteiger partial charge in [-0.1, -0.05) is 139 Å². The predicted molar refractivity (Wildman–Crippen MR) is 237 cm³/mol. The highest BCUT2D eigenvalue weighted by molar-refractivity contribution is 8.00. The average Bonchev–Trinajstić information content (AvgIpc) is 3.28. The summed E-state index contributed by atoms with van der Waals surface area (Å²) < 4.78 is 88.0. The van der Waals surface area contributed by atoms with E-state index in [1.165, 1.54) is 0 Å². The summed E-state index contributed by atoms with van der Waals surface area (Å²) in [5.74, 6) is 0. The van der Waals surface area contributed by atoms with Crippen LogP contribution < -0.4 is 42.6 Å². The van der Waals surface area contributed by atoms with Gasteiger partial charge >= 0.3 is 12.4 Å². The monoisotopic (exact) mass is 824 g/mol. The lowest BCUT2D eigenvalue weighted by molar-refractivity contribution is -0.142. The zero-order valence-electron chi connectivity index (χ0n) is 31.9. The van der Waals surface area contributed by atoms with Crippen LogP contribution in [-0.4, -0.2) is 13.4 Å². The van der Waals surface area contributed by atoms with Crippen molar-refractivity contribution in [2.24, 2.45) is 0 Å². The van der Waals surface area contributed by atoms with Gasteiger partial charge in [-0.2, -0.15) is 26.3 Å². The molecular formula is C50H28B2F6N2S. The van der Waals surface area contributed by atoms with Crippen LogP contribution in [0.4, 0.5) is 60.5 Å². The summed E-state index contributed by atoms with van der Waals surface area (Å²) in [6.07, 6.45) is -10.1. The van der Waals surface area contributed by atoms with E-state index in [2.05, 4.69) is 77.7 Å². The van der Waals surface area contributed by atoms with Crippen molar-refractivity contribution in [2.75, 3.05) is 9.80 Å². The first-order chi connectivity index (χ1) is 29.5. The van der Waals surface area contributed by atoms with Gasteiger partial charge < -0.3 is 9.80 Å². The number of hydrogen-bond acceptors (Lipinski definition) is 3. The van der Waals surface area contributed by atoms with Crippen molar-refractivity contribution in [1.82, 2.24) is 0 Å². The van der Waals surface area contributed by atoms with E-state index in [1.807, 2.05) is 66.7 Å². The number of para-hydroxylation sites is 1. The first-order valence-corrected chi connectivity index (χ1v) is 20.7. The topological polar surface area (TPSA) is 6.48 Å². The van der Waals surface area contributed by atoms with E-state index in [4.69, 9.17) is 0 Å². The SMILES string of the molecule is FC(F)(F)c1ccc(N2c3ccccc3B3c4ccc(-c5ccccc5)cc4N4c5cc(-c6ccccc6)ccc5B5c6ccccc6Sc6cc2c3c4c65)c(C(F)(F)F)c1. The number of halogens is 6. The molecule has 4 aliphatic heterocycles. The quantitative estimate of drug-likeness (QED) is 0.129. The van der Waals surface area contributed by atoms with Gasteiger partial charge in [0.25, 0.3) is 6.71 Å². The third-order valence-electron chi connectivity index (χ3n) is 12.5. The maximum absolute atomic E-state index is 15.2. The van der Waals surface area contributed by atoms with Gasteiger partial charge in [0.2, 0.25) is 6.71 Å². The lowest BCUT2D eigenvalue weighted by Gasteiger charge is -2.49. The fraction of sp³-hybridized carbons (Fsp3) is 0.0400. The molecule has 0 atom stereocenters. The van der Waals surface area contributed by atoms with Crippen LogP contribution in [0.3, 0.4) is 0 Å². The van der Waals surface area contributed by atoms with E-state index in [0.29, 0.717) is 11.4 Å². The number of nitrogens with zero attached hydrogens (tertiary/aromatic N) is 2. The fourth-order valence-corrected chi connectivity index (χ4v) is 11.2. The van der Waals surface area contributed by atoms with Gasteiger partial charge in [0, 0.05) is 38.2 Å². The van der Waals surface area contributed by atoms with Crippen molar-refractivity contribution in [3.63, 3.8) is 0 Å². The summed E-state index contributed by atoms with van der Waals surface area (Å²) >= 11 is 1.58. The third kappa shape index (κ3) is 5.35. The maximum atomic E-state index is 15.2. The molecule has 0 saturated heterocycles. The first kappa shape index (κ1) is 36.3. The van der Waals surface area contributed by atoms with Crippen molar-refractivity contribution in [3.8, 4) is 22.3 Å². The Morgan fingerprint density at radius 2 is 0.934 bits per heavy atom. The van der Waals surface area contributed by atoms with E-state index in [0.717, 1.165) is 94.0 Å². The van der Waals surface area contributed by atoms with Crippen LogP contribution in [0.25, 0.3) is 22.3 Å². The molecule has 0 aliphatic carbocycles. The van der Waals surface area contributed by atoms with E-state index in [-0.39, 0.29) is 18.5 Å². The molecule has 4 aliphatic rings. The van der Waals surface area contributed by atoms with Crippen LogP contribution in [0.1, 0.15) is 11.1 Å². The minimum atomic E-state index is -5.10. The Balaban J connectivity index is 1.22. The molecule has 0 amide bonds. The fourth-order valence-electron chi connectivity index (χ4n) is 10.0. The molecule has 4 heterocycles. The molecule has 0 aromatic heterocycles. The Morgan fingerprint density at radius 1 is 0.377 bits per heavy atom. The lowest BCUT2D eigenvalue weighted by Crippen LogP contribution is -2.68. The van der Waals surface area contributed by atoms with Crippen LogP contribution in [0.5, 0.6) is 0 Å². The van der Waals surface area contributed by atoms with Crippen molar-refractivity contribution in [1.29, 1.82) is 0 Å². The number of rotatable bonds is 3. The Labute approximate surface area is 352 Å².